The molecule has 0 saturated heterocycles. The van der Waals surface area contributed by atoms with Crippen LogP contribution in [0, 0.1) is 0 Å². The Morgan fingerprint density at radius 2 is 2.09 bits per heavy atom. The maximum atomic E-state index is 9.05. The fourth-order valence-electron chi connectivity index (χ4n) is 2.48. The summed E-state index contributed by atoms with van der Waals surface area (Å²) in [5.74, 6) is 0.614. The van der Waals surface area contributed by atoms with Gasteiger partial charge in [-0.3, -0.25) is 0 Å². The first-order valence-electron chi connectivity index (χ1n) is 7.48. The highest BCUT2D eigenvalue weighted by atomic mass is 35.5. The Bertz CT molecular complexity index is 686. The van der Waals surface area contributed by atoms with Crippen LogP contribution >= 0.6 is 11.6 Å². The highest BCUT2D eigenvalue weighted by Crippen LogP contribution is 2.35. The summed E-state index contributed by atoms with van der Waals surface area (Å²) < 4.78 is 5.87. The molecule has 5 nitrogen and oxygen atoms in total. The molecule has 2 N–H and O–H groups in total. The number of halogens is 1. The van der Waals surface area contributed by atoms with Gasteiger partial charge in [-0.1, -0.05) is 11.6 Å². The molecule has 0 amide bonds. The van der Waals surface area contributed by atoms with Crippen molar-refractivity contribution in [2.24, 2.45) is 0 Å². The van der Waals surface area contributed by atoms with Crippen LogP contribution in [-0.2, 0) is 5.54 Å². The SMILES string of the molecule is CC(C)(NCCO)c1cnc(OC2CC2)c2cnc(Cl)cc12. The van der Waals surface area contributed by atoms with Crippen LogP contribution in [-0.4, -0.2) is 34.3 Å². The number of hydrogen-bond donors (Lipinski definition) is 2. The number of rotatable bonds is 6. The minimum absolute atomic E-state index is 0.0833. The van der Waals surface area contributed by atoms with Gasteiger partial charge >= 0.3 is 0 Å². The Morgan fingerprint density at radius 1 is 1.32 bits per heavy atom. The van der Waals surface area contributed by atoms with Crippen LogP contribution in [0.2, 0.25) is 5.15 Å². The van der Waals surface area contributed by atoms with Crippen molar-refractivity contribution in [3.63, 3.8) is 0 Å². The average molecular weight is 322 g/mol. The third-order valence-electron chi connectivity index (χ3n) is 3.86. The topological polar surface area (TPSA) is 67.3 Å². The number of fused-ring (bicyclic) bond motifs is 1. The van der Waals surface area contributed by atoms with Crippen LogP contribution in [0.4, 0.5) is 0 Å². The van der Waals surface area contributed by atoms with E-state index in [1.54, 1.807) is 6.20 Å². The second-order valence-electron chi connectivity index (χ2n) is 6.12. The molecule has 0 atom stereocenters. The lowest BCUT2D eigenvalue weighted by Gasteiger charge is -2.28. The Morgan fingerprint density at radius 3 is 2.77 bits per heavy atom. The third-order valence-corrected chi connectivity index (χ3v) is 4.06. The van der Waals surface area contributed by atoms with Crippen molar-refractivity contribution in [1.29, 1.82) is 0 Å². The Kier molecular flexibility index (Phi) is 4.21. The van der Waals surface area contributed by atoms with Crippen LogP contribution in [0.3, 0.4) is 0 Å². The summed E-state index contributed by atoms with van der Waals surface area (Å²) in [6, 6.07) is 1.84. The molecule has 0 aromatic carbocycles. The first-order valence-corrected chi connectivity index (χ1v) is 7.86. The molecule has 0 radical (unpaired) electrons. The second kappa shape index (κ2) is 5.99. The van der Waals surface area contributed by atoms with E-state index in [2.05, 4.69) is 29.1 Å². The van der Waals surface area contributed by atoms with E-state index >= 15 is 0 Å². The second-order valence-corrected chi connectivity index (χ2v) is 6.51. The molecule has 0 spiro atoms. The molecule has 0 aliphatic heterocycles. The summed E-state index contributed by atoms with van der Waals surface area (Å²) in [6.07, 6.45) is 5.97. The first-order chi connectivity index (χ1) is 10.5. The number of ether oxygens (including phenoxy) is 1. The number of hydrogen-bond acceptors (Lipinski definition) is 5. The maximum absolute atomic E-state index is 9.05. The highest BCUT2D eigenvalue weighted by Gasteiger charge is 2.28. The van der Waals surface area contributed by atoms with Gasteiger partial charge in [0, 0.05) is 24.5 Å². The van der Waals surface area contributed by atoms with Gasteiger partial charge in [-0.05, 0) is 43.7 Å². The Balaban J connectivity index is 2.08. The normalized spacial score (nSPS) is 15.3. The zero-order chi connectivity index (χ0) is 15.7. The molecule has 0 unspecified atom stereocenters. The molecule has 1 aliphatic rings. The predicted molar refractivity (Wildman–Crippen MR) is 86.3 cm³/mol. The largest absolute Gasteiger partial charge is 0.474 e. The van der Waals surface area contributed by atoms with Crippen molar-refractivity contribution in [1.82, 2.24) is 15.3 Å². The number of pyridine rings is 2. The van der Waals surface area contributed by atoms with Crippen LogP contribution in [0.5, 0.6) is 5.88 Å². The summed E-state index contributed by atoms with van der Waals surface area (Å²) >= 11 is 6.08. The van der Waals surface area contributed by atoms with E-state index in [9.17, 15) is 0 Å². The van der Waals surface area contributed by atoms with Gasteiger partial charge < -0.3 is 15.2 Å². The standard InChI is InChI=1S/C16H20ClN3O2/c1-16(2,20-5-6-21)13-9-19-15(22-10-3-4-10)12-8-18-14(17)7-11(12)13/h7-10,20-21H,3-6H2,1-2H3. The first kappa shape index (κ1) is 15.5. The molecule has 6 heteroatoms. The quantitative estimate of drug-likeness (QED) is 0.801. The molecule has 1 aliphatic carbocycles. The molecule has 3 rings (SSSR count). The summed E-state index contributed by atoms with van der Waals surface area (Å²) in [4.78, 5) is 8.65. The average Bonchev–Trinajstić information content (AvgIpc) is 3.29. The highest BCUT2D eigenvalue weighted by molar-refractivity contribution is 6.30. The van der Waals surface area contributed by atoms with Crippen molar-refractivity contribution in [3.8, 4) is 5.88 Å². The van der Waals surface area contributed by atoms with Crippen LogP contribution < -0.4 is 10.1 Å². The molecule has 1 saturated carbocycles. The van der Waals surface area contributed by atoms with Gasteiger partial charge in [0.1, 0.15) is 11.3 Å². The van der Waals surface area contributed by atoms with Crippen LogP contribution in [0.25, 0.3) is 10.8 Å². The fraction of sp³-hybridized carbons (Fsp3) is 0.500. The van der Waals surface area contributed by atoms with E-state index in [1.807, 2.05) is 12.3 Å². The number of nitrogens with zero attached hydrogens (tertiary/aromatic N) is 2. The van der Waals surface area contributed by atoms with Crippen molar-refractivity contribution >= 4 is 22.4 Å². The number of aliphatic hydroxyl groups is 1. The zero-order valence-corrected chi connectivity index (χ0v) is 13.5. The van der Waals surface area contributed by atoms with Gasteiger partial charge in [-0.25, -0.2) is 9.97 Å². The molecule has 22 heavy (non-hydrogen) atoms. The van der Waals surface area contributed by atoms with Gasteiger partial charge in [0.25, 0.3) is 0 Å². The van der Waals surface area contributed by atoms with Gasteiger partial charge in [0.05, 0.1) is 12.0 Å². The van der Waals surface area contributed by atoms with E-state index in [0.717, 1.165) is 29.2 Å². The minimum Gasteiger partial charge on any atom is -0.474 e. The van der Waals surface area contributed by atoms with Crippen LogP contribution in [0.1, 0.15) is 32.3 Å². The number of nitrogens with one attached hydrogen (secondary N) is 1. The van der Waals surface area contributed by atoms with Crippen LogP contribution in [0.15, 0.2) is 18.5 Å². The molecular weight excluding hydrogens is 302 g/mol. The van der Waals surface area contributed by atoms with E-state index in [-0.39, 0.29) is 18.2 Å². The van der Waals surface area contributed by atoms with Crippen molar-refractivity contribution in [3.05, 3.63) is 29.2 Å². The number of aromatic nitrogens is 2. The van der Waals surface area contributed by atoms with E-state index in [1.165, 1.54) is 0 Å². The van der Waals surface area contributed by atoms with Gasteiger partial charge in [0.15, 0.2) is 0 Å². The lowest BCUT2D eigenvalue weighted by atomic mass is 9.92. The molecule has 1 fully saturated rings. The predicted octanol–water partition coefficient (Wildman–Crippen LogP) is 2.64. The summed E-state index contributed by atoms with van der Waals surface area (Å²) in [5, 5.41) is 14.7. The Hall–Kier alpha value is -1.43. The smallest absolute Gasteiger partial charge is 0.223 e. The molecule has 2 aromatic heterocycles. The molecular formula is C16H20ClN3O2. The lowest BCUT2D eigenvalue weighted by molar-refractivity contribution is 0.267. The van der Waals surface area contributed by atoms with Gasteiger partial charge in [-0.2, -0.15) is 0 Å². The monoisotopic (exact) mass is 321 g/mol. The third kappa shape index (κ3) is 3.16. The number of aliphatic hydroxyl groups excluding tert-OH is 1. The van der Waals surface area contributed by atoms with Gasteiger partial charge in [-0.15, -0.1) is 0 Å². The van der Waals surface area contributed by atoms with E-state index in [0.29, 0.717) is 17.6 Å². The molecule has 2 heterocycles. The summed E-state index contributed by atoms with van der Waals surface area (Å²) in [6.45, 7) is 4.69. The molecule has 0 bridgehead atoms. The minimum atomic E-state index is -0.350. The Labute approximate surface area is 134 Å². The summed E-state index contributed by atoms with van der Waals surface area (Å²) in [7, 11) is 0. The fourth-order valence-corrected chi connectivity index (χ4v) is 2.64. The lowest BCUT2D eigenvalue weighted by Crippen LogP contribution is -2.38. The summed E-state index contributed by atoms with van der Waals surface area (Å²) in [5.41, 5.74) is 0.653. The van der Waals surface area contributed by atoms with E-state index in [4.69, 9.17) is 21.4 Å². The van der Waals surface area contributed by atoms with E-state index < -0.39 is 0 Å². The van der Waals surface area contributed by atoms with Crippen molar-refractivity contribution in [2.75, 3.05) is 13.2 Å². The molecule has 118 valence electrons. The van der Waals surface area contributed by atoms with Gasteiger partial charge in [0.2, 0.25) is 5.88 Å². The molecule has 2 aromatic rings. The van der Waals surface area contributed by atoms with Crippen molar-refractivity contribution in [2.45, 2.75) is 38.3 Å². The zero-order valence-electron chi connectivity index (χ0n) is 12.8. The maximum Gasteiger partial charge on any atom is 0.223 e. The van der Waals surface area contributed by atoms with Crippen molar-refractivity contribution < 1.29 is 9.84 Å².